The van der Waals surface area contributed by atoms with Crippen molar-refractivity contribution in [2.45, 2.75) is 116 Å². The quantitative estimate of drug-likeness (QED) is 0.0756. The van der Waals surface area contributed by atoms with Gasteiger partial charge >= 0.3 is 0 Å². The molecule has 6 aromatic rings. The highest BCUT2D eigenvalue weighted by Gasteiger charge is 2.52. The molecule has 84 heavy (non-hydrogen) atoms. The molecule has 0 saturated carbocycles. The van der Waals surface area contributed by atoms with Gasteiger partial charge in [0.25, 0.3) is 0 Å². The van der Waals surface area contributed by atoms with Gasteiger partial charge in [-0.15, -0.1) is 0 Å². The van der Waals surface area contributed by atoms with E-state index in [1.54, 1.807) is 24.3 Å². The molecule has 0 aromatic heterocycles. The zero-order valence-corrected chi connectivity index (χ0v) is 44.0. The van der Waals surface area contributed by atoms with Gasteiger partial charge in [0, 0.05) is 22.8 Å². The zero-order valence-electron chi connectivity index (χ0n) is 44.0. The Balaban J connectivity index is 1.14. The van der Waals surface area contributed by atoms with Crippen LogP contribution in [0.1, 0.15) is 104 Å². The lowest BCUT2D eigenvalue weighted by Crippen LogP contribution is -2.55. The van der Waals surface area contributed by atoms with Gasteiger partial charge < -0.3 is 121 Å². The maximum atomic E-state index is 12.3. The largest absolute Gasteiger partial charge is 0.508 e. The first-order valence-electron chi connectivity index (χ1n) is 26.8. The van der Waals surface area contributed by atoms with Crippen molar-refractivity contribution in [2.24, 2.45) is 0 Å². The van der Waals surface area contributed by atoms with Crippen LogP contribution in [0.2, 0.25) is 0 Å². The minimum atomic E-state index is -1.99. The van der Waals surface area contributed by atoms with Crippen LogP contribution in [0, 0.1) is 0 Å². The average molecular weight is 1170 g/mol. The second kappa shape index (κ2) is 22.9. The number of rotatable bonds is 12. The number of ether oxygens (including phenoxy) is 5. The number of phenols is 7. The number of aromatic hydroxyl groups is 7. The lowest BCUT2D eigenvalue weighted by molar-refractivity contribution is -0.232. The zero-order chi connectivity index (χ0) is 59.9. The number of aliphatic hydroxyl groups is 12. The Morgan fingerprint density at radius 3 is 1.20 bits per heavy atom. The number of phenolic OH excluding ortho intramolecular Hbond substituents is 7. The SMILES string of the molecule is OC[C@H]1O[C@@H](c2c(O)cc([C@@H]3c4c(/C=C/c5ccc6c(c5[C@@H]5O[C@H](CO)[C@@H](O)[C@H](O)[C@H]5O)O[C@@H](c5ccc(O)cc5)[C@@H]6c5cc(O)cc(O)c5)cc(O)c([C@@H]5O[C@H](CO)[C@@H](O)[C@H](O)[C@H]5O)c4O[C@H]3c3ccc(O)cc3)cc2O)[C@H](O)[C@@H](O)[C@@H]1O. The predicted molar refractivity (Wildman–Crippen MR) is 288 cm³/mol. The molecule has 19 N–H and O–H groups in total. The van der Waals surface area contributed by atoms with E-state index in [9.17, 15) is 97.0 Å². The monoisotopic (exact) mass is 1170 g/mol. The Labute approximate surface area is 476 Å². The molecule has 5 aliphatic heterocycles. The summed E-state index contributed by atoms with van der Waals surface area (Å²) in [4.78, 5) is 0. The summed E-state index contributed by atoms with van der Waals surface area (Å²) in [5, 5.41) is 209. The average Bonchev–Trinajstić information content (AvgIpc) is 2.07. The molecule has 0 radical (unpaired) electrons. The summed E-state index contributed by atoms with van der Waals surface area (Å²) in [6, 6.07) is 22.4. The molecule has 5 aliphatic rings. The molecule has 0 amide bonds. The summed E-state index contributed by atoms with van der Waals surface area (Å²) in [5.74, 6) is -5.25. The minimum absolute atomic E-state index is 0.0310. The second-order valence-corrected chi connectivity index (χ2v) is 21.7. The van der Waals surface area contributed by atoms with Crippen LogP contribution in [0.4, 0.5) is 0 Å². The van der Waals surface area contributed by atoms with E-state index >= 15 is 0 Å². The predicted octanol–water partition coefficient (Wildman–Crippen LogP) is 0.872. The molecule has 3 fully saturated rings. The Morgan fingerprint density at radius 2 is 0.726 bits per heavy atom. The van der Waals surface area contributed by atoms with Gasteiger partial charge in [0.2, 0.25) is 0 Å². The summed E-state index contributed by atoms with van der Waals surface area (Å²) >= 11 is 0. The summed E-state index contributed by atoms with van der Waals surface area (Å²) < 4.78 is 31.6. The van der Waals surface area contributed by atoms with Gasteiger partial charge in [-0.3, -0.25) is 0 Å². The van der Waals surface area contributed by atoms with Crippen LogP contribution in [-0.4, -0.2) is 190 Å². The lowest BCUT2D eigenvalue weighted by atomic mass is 9.79. The van der Waals surface area contributed by atoms with Crippen LogP contribution in [-0.2, 0) is 14.2 Å². The van der Waals surface area contributed by atoms with Crippen molar-refractivity contribution in [3.05, 3.63) is 158 Å². The molecule has 446 valence electrons. The third kappa shape index (κ3) is 10.1. The van der Waals surface area contributed by atoms with E-state index in [0.29, 0.717) is 22.3 Å². The fraction of sp³-hybridized carbons (Fsp3) is 0.367. The molecule has 19 atom stereocenters. The Morgan fingerprint density at radius 1 is 0.321 bits per heavy atom. The second-order valence-electron chi connectivity index (χ2n) is 21.7. The van der Waals surface area contributed by atoms with Crippen LogP contribution in [0.15, 0.2) is 97.1 Å². The minimum Gasteiger partial charge on any atom is -0.508 e. The number of aliphatic hydroxyl groups excluding tert-OH is 12. The van der Waals surface area contributed by atoms with Crippen LogP contribution in [0.25, 0.3) is 12.2 Å². The topological polar surface area (TPSA) is 431 Å². The third-order valence-electron chi connectivity index (χ3n) is 16.6. The highest BCUT2D eigenvalue weighted by molar-refractivity contribution is 5.79. The van der Waals surface area contributed by atoms with Gasteiger partial charge in [-0.1, -0.05) is 48.6 Å². The van der Waals surface area contributed by atoms with E-state index < -0.39 is 158 Å². The van der Waals surface area contributed by atoms with Gasteiger partial charge in [-0.2, -0.15) is 0 Å². The Hall–Kier alpha value is -7.34. The fourth-order valence-electron chi connectivity index (χ4n) is 12.4. The number of hydrogen-bond donors (Lipinski definition) is 19. The first-order chi connectivity index (χ1) is 40.1. The van der Waals surface area contributed by atoms with Crippen molar-refractivity contribution >= 4 is 12.2 Å². The smallest absolute Gasteiger partial charge is 0.135 e. The first kappa shape index (κ1) is 58.4. The summed E-state index contributed by atoms with van der Waals surface area (Å²) in [6.45, 7) is -2.52. The highest BCUT2D eigenvalue weighted by atomic mass is 16.6. The van der Waals surface area contributed by atoms with E-state index in [-0.39, 0.29) is 67.9 Å². The van der Waals surface area contributed by atoms with E-state index in [1.165, 1.54) is 78.9 Å². The van der Waals surface area contributed by atoms with Crippen molar-refractivity contribution in [3.63, 3.8) is 0 Å². The number of fused-ring (bicyclic) bond motifs is 2. The lowest BCUT2D eigenvalue weighted by Gasteiger charge is -2.41. The molecular formula is C60H62O24. The van der Waals surface area contributed by atoms with Gasteiger partial charge in [0.15, 0.2) is 0 Å². The van der Waals surface area contributed by atoms with Crippen molar-refractivity contribution in [1.29, 1.82) is 0 Å². The fourth-order valence-corrected chi connectivity index (χ4v) is 12.4. The maximum absolute atomic E-state index is 12.3. The third-order valence-corrected chi connectivity index (χ3v) is 16.6. The number of hydrogen-bond acceptors (Lipinski definition) is 24. The molecule has 0 bridgehead atoms. The van der Waals surface area contributed by atoms with E-state index in [4.69, 9.17) is 23.7 Å². The molecular weight excluding hydrogens is 1100 g/mol. The molecule has 6 aromatic carbocycles. The molecule has 5 heterocycles. The van der Waals surface area contributed by atoms with Crippen molar-refractivity contribution in [1.82, 2.24) is 0 Å². The number of benzene rings is 6. The van der Waals surface area contributed by atoms with Gasteiger partial charge in [-0.25, -0.2) is 0 Å². The van der Waals surface area contributed by atoms with Gasteiger partial charge in [0.05, 0.1) is 42.8 Å². The molecule has 11 rings (SSSR count). The molecule has 0 unspecified atom stereocenters. The summed E-state index contributed by atoms with van der Waals surface area (Å²) in [5.41, 5.74) is 1.17. The molecule has 0 spiro atoms. The van der Waals surface area contributed by atoms with Crippen LogP contribution in [0.5, 0.6) is 51.7 Å². The van der Waals surface area contributed by atoms with Crippen LogP contribution < -0.4 is 9.47 Å². The van der Waals surface area contributed by atoms with Crippen LogP contribution in [0.3, 0.4) is 0 Å². The standard InChI is InChI=1S/C60H62O24/c61-19-36-45(71)48(74)51(77)58(80-36)42-22(7-12-32-39(26-13-30(66)18-31(67)14-26)54(83-56(32)42)23-3-8-28(64)9-4-23)1-2-25-15-35(70)44(60-53(79)50(76)47(73)38(21-63)82-60)57-40(25)41(55(84-57)24-5-10-29(65)11-6-24)27-16-33(68)43(34(69)17-27)59-52(78)49(75)46(72)37(20-62)81-59/h1-18,36-39,41,45-55,58-79H,19-21H2/b2-1+/t36-,37-,38-,39-,41-,45-,46-,47-,48+,49+,50+,51-,52-,53-,54+,55+,58+,59+,60+/m1/s1. The van der Waals surface area contributed by atoms with E-state index in [0.717, 1.165) is 6.07 Å². The molecule has 24 heteroatoms. The van der Waals surface area contributed by atoms with Gasteiger partial charge in [-0.05, 0) is 88.0 Å². The first-order valence-corrected chi connectivity index (χ1v) is 26.8. The van der Waals surface area contributed by atoms with Gasteiger partial charge in [0.1, 0.15) is 156 Å². The maximum Gasteiger partial charge on any atom is 0.135 e. The van der Waals surface area contributed by atoms with Crippen molar-refractivity contribution in [2.75, 3.05) is 19.8 Å². The molecule has 3 saturated heterocycles. The normalized spacial score (nSPS) is 32.9. The highest BCUT2D eigenvalue weighted by Crippen LogP contribution is 2.60. The van der Waals surface area contributed by atoms with Crippen LogP contribution >= 0.6 is 0 Å². The summed E-state index contributed by atoms with van der Waals surface area (Å²) in [6.07, 6.45) is -25.9. The van der Waals surface area contributed by atoms with Crippen molar-refractivity contribution < 1.29 is 121 Å². The Bertz CT molecular complexity index is 3380. The van der Waals surface area contributed by atoms with Crippen molar-refractivity contribution in [3.8, 4) is 51.7 Å². The van der Waals surface area contributed by atoms with E-state index in [2.05, 4.69) is 0 Å². The molecule has 24 nitrogen and oxygen atoms in total. The summed E-state index contributed by atoms with van der Waals surface area (Å²) in [7, 11) is 0. The molecule has 0 aliphatic carbocycles. The van der Waals surface area contributed by atoms with E-state index in [1.807, 2.05) is 0 Å². The Kier molecular flexibility index (Phi) is 15.9.